The van der Waals surface area contributed by atoms with Crippen molar-refractivity contribution in [2.45, 2.75) is 39.3 Å². The number of hydrogen-bond donors (Lipinski definition) is 0. The maximum atomic E-state index is 12.8. The highest BCUT2D eigenvalue weighted by molar-refractivity contribution is 5.97. The standard InChI is InChI=1S/C18H24N2O2/c1-4-16-12-19(8-9-20(16)13(2)3)18(21)15-5-6-17-14(11-15)7-10-22-17/h5-7,10-11,13,16H,4,8-9,12H2,1-3H3/t16-/m0/s1. The van der Waals surface area contributed by atoms with Crippen LogP contribution in [-0.2, 0) is 0 Å². The van der Waals surface area contributed by atoms with E-state index in [2.05, 4.69) is 25.7 Å². The Hall–Kier alpha value is -1.81. The van der Waals surface area contributed by atoms with E-state index in [-0.39, 0.29) is 5.91 Å². The Morgan fingerprint density at radius 3 is 2.86 bits per heavy atom. The van der Waals surface area contributed by atoms with Gasteiger partial charge >= 0.3 is 0 Å². The van der Waals surface area contributed by atoms with Gasteiger partial charge in [-0.1, -0.05) is 6.92 Å². The largest absolute Gasteiger partial charge is 0.464 e. The third-order valence-corrected chi connectivity index (χ3v) is 4.65. The molecule has 0 unspecified atom stereocenters. The minimum atomic E-state index is 0.130. The lowest BCUT2D eigenvalue weighted by Gasteiger charge is -2.43. The van der Waals surface area contributed by atoms with Gasteiger partial charge in [-0.3, -0.25) is 9.69 Å². The molecule has 4 heteroatoms. The lowest BCUT2D eigenvalue weighted by molar-refractivity contribution is 0.0372. The van der Waals surface area contributed by atoms with Crippen LogP contribution in [0.2, 0.25) is 0 Å². The highest BCUT2D eigenvalue weighted by atomic mass is 16.3. The number of amides is 1. The molecule has 0 N–H and O–H groups in total. The summed E-state index contributed by atoms with van der Waals surface area (Å²) in [5.74, 6) is 0.130. The number of benzene rings is 1. The van der Waals surface area contributed by atoms with E-state index >= 15 is 0 Å². The molecular weight excluding hydrogens is 276 g/mol. The number of fused-ring (bicyclic) bond motifs is 1. The van der Waals surface area contributed by atoms with E-state index in [1.54, 1.807) is 6.26 Å². The van der Waals surface area contributed by atoms with Crippen LogP contribution in [0.25, 0.3) is 11.0 Å². The monoisotopic (exact) mass is 300 g/mol. The van der Waals surface area contributed by atoms with Gasteiger partial charge in [0.25, 0.3) is 5.91 Å². The average molecular weight is 300 g/mol. The Bertz CT molecular complexity index is 662. The van der Waals surface area contributed by atoms with Crippen LogP contribution in [0.4, 0.5) is 0 Å². The molecule has 1 amide bonds. The summed E-state index contributed by atoms with van der Waals surface area (Å²) < 4.78 is 5.34. The van der Waals surface area contributed by atoms with Gasteiger partial charge in [0.2, 0.25) is 0 Å². The number of furan rings is 1. The second-order valence-corrected chi connectivity index (χ2v) is 6.32. The van der Waals surface area contributed by atoms with Gasteiger partial charge in [0.1, 0.15) is 5.58 Å². The number of carbonyl (C=O) groups excluding carboxylic acids is 1. The van der Waals surface area contributed by atoms with Crippen LogP contribution < -0.4 is 0 Å². The van der Waals surface area contributed by atoms with Gasteiger partial charge in [-0.2, -0.15) is 0 Å². The maximum Gasteiger partial charge on any atom is 0.253 e. The zero-order chi connectivity index (χ0) is 15.7. The van der Waals surface area contributed by atoms with Crippen LogP contribution in [0.5, 0.6) is 0 Å². The number of rotatable bonds is 3. The number of piperazine rings is 1. The molecular formula is C18H24N2O2. The van der Waals surface area contributed by atoms with Crippen molar-refractivity contribution in [2.24, 2.45) is 0 Å². The first kappa shape index (κ1) is 15.1. The topological polar surface area (TPSA) is 36.7 Å². The molecule has 0 saturated carbocycles. The average Bonchev–Trinajstić information content (AvgIpc) is 3.00. The van der Waals surface area contributed by atoms with Crippen molar-refractivity contribution in [1.29, 1.82) is 0 Å². The van der Waals surface area contributed by atoms with Crippen molar-refractivity contribution >= 4 is 16.9 Å². The SMILES string of the molecule is CC[C@H]1CN(C(=O)c2ccc3occc3c2)CCN1C(C)C. The predicted molar refractivity (Wildman–Crippen MR) is 88.0 cm³/mol. The van der Waals surface area contributed by atoms with E-state index < -0.39 is 0 Å². The molecule has 1 saturated heterocycles. The van der Waals surface area contributed by atoms with Crippen LogP contribution in [0.15, 0.2) is 34.9 Å². The molecule has 2 heterocycles. The van der Waals surface area contributed by atoms with Gasteiger partial charge in [0.15, 0.2) is 0 Å². The summed E-state index contributed by atoms with van der Waals surface area (Å²) in [6, 6.07) is 8.56. The fourth-order valence-electron chi connectivity index (χ4n) is 3.38. The van der Waals surface area contributed by atoms with Gasteiger partial charge in [-0.25, -0.2) is 0 Å². The zero-order valence-corrected chi connectivity index (χ0v) is 13.6. The molecule has 1 aromatic carbocycles. The van der Waals surface area contributed by atoms with E-state index in [1.165, 1.54) is 0 Å². The van der Waals surface area contributed by atoms with Crippen molar-refractivity contribution in [3.8, 4) is 0 Å². The fourth-order valence-corrected chi connectivity index (χ4v) is 3.38. The highest BCUT2D eigenvalue weighted by Crippen LogP contribution is 2.21. The van der Waals surface area contributed by atoms with Crippen LogP contribution in [-0.4, -0.2) is 47.4 Å². The van der Waals surface area contributed by atoms with E-state index in [9.17, 15) is 4.79 Å². The van der Waals surface area contributed by atoms with Crippen molar-refractivity contribution in [2.75, 3.05) is 19.6 Å². The smallest absolute Gasteiger partial charge is 0.253 e. The van der Waals surface area contributed by atoms with Gasteiger partial charge in [-0.05, 0) is 44.5 Å². The Morgan fingerprint density at radius 1 is 1.32 bits per heavy atom. The molecule has 1 aliphatic heterocycles. The maximum absolute atomic E-state index is 12.8. The number of nitrogens with zero attached hydrogens (tertiary/aromatic N) is 2. The third kappa shape index (κ3) is 2.75. The highest BCUT2D eigenvalue weighted by Gasteiger charge is 2.30. The lowest BCUT2D eigenvalue weighted by atomic mass is 10.1. The van der Waals surface area contributed by atoms with E-state index in [4.69, 9.17) is 4.42 Å². The van der Waals surface area contributed by atoms with Crippen LogP contribution in [0.1, 0.15) is 37.6 Å². The normalized spacial score (nSPS) is 20.0. The molecule has 22 heavy (non-hydrogen) atoms. The summed E-state index contributed by atoms with van der Waals surface area (Å²) in [5, 5.41) is 0.985. The third-order valence-electron chi connectivity index (χ3n) is 4.65. The molecule has 1 aliphatic rings. The lowest BCUT2D eigenvalue weighted by Crippen LogP contribution is -2.56. The minimum Gasteiger partial charge on any atom is -0.464 e. The molecule has 1 aromatic heterocycles. The molecule has 1 atom stereocenters. The van der Waals surface area contributed by atoms with Crippen LogP contribution in [0.3, 0.4) is 0 Å². The minimum absolute atomic E-state index is 0.130. The fraction of sp³-hybridized carbons (Fsp3) is 0.500. The molecule has 0 bridgehead atoms. The first-order valence-corrected chi connectivity index (χ1v) is 8.12. The summed E-state index contributed by atoms with van der Waals surface area (Å²) in [6.07, 6.45) is 2.73. The predicted octanol–water partition coefficient (Wildman–Crippen LogP) is 3.38. The summed E-state index contributed by atoms with van der Waals surface area (Å²) >= 11 is 0. The Labute approximate surface area is 131 Å². The molecule has 0 radical (unpaired) electrons. The van der Waals surface area contributed by atoms with Gasteiger partial charge in [-0.15, -0.1) is 0 Å². The van der Waals surface area contributed by atoms with Crippen molar-refractivity contribution < 1.29 is 9.21 Å². The molecule has 1 fully saturated rings. The molecule has 0 spiro atoms. The molecule has 3 rings (SSSR count). The van der Waals surface area contributed by atoms with E-state index in [0.29, 0.717) is 12.1 Å². The summed E-state index contributed by atoms with van der Waals surface area (Å²) in [5.41, 5.74) is 1.58. The van der Waals surface area contributed by atoms with E-state index in [0.717, 1.165) is 42.6 Å². The molecule has 2 aromatic rings. The molecule has 118 valence electrons. The van der Waals surface area contributed by atoms with Gasteiger partial charge in [0.05, 0.1) is 6.26 Å². The van der Waals surface area contributed by atoms with Crippen LogP contribution in [0, 0.1) is 0 Å². The molecule has 0 aliphatic carbocycles. The summed E-state index contributed by atoms with van der Waals surface area (Å²) in [7, 11) is 0. The second kappa shape index (κ2) is 6.13. The van der Waals surface area contributed by atoms with Crippen molar-refractivity contribution in [3.05, 3.63) is 36.1 Å². The second-order valence-electron chi connectivity index (χ2n) is 6.32. The van der Waals surface area contributed by atoms with Crippen molar-refractivity contribution in [3.63, 3.8) is 0 Å². The van der Waals surface area contributed by atoms with E-state index in [1.807, 2.05) is 29.2 Å². The Balaban J connectivity index is 1.77. The summed E-state index contributed by atoms with van der Waals surface area (Å²) in [6.45, 7) is 9.23. The van der Waals surface area contributed by atoms with Crippen molar-refractivity contribution in [1.82, 2.24) is 9.80 Å². The quantitative estimate of drug-likeness (QED) is 0.872. The number of hydrogen-bond acceptors (Lipinski definition) is 3. The van der Waals surface area contributed by atoms with Crippen LogP contribution >= 0.6 is 0 Å². The number of carbonyl (C=O) groups is 1. The van der Waals surface area contributed by atoms with Gasteiger partial charge < -0.3 is 9.32 Å². The summed E-state index contributed by atoms with van der Waals surface area (Å²) in [4.78, 5) is 17.3. The Kier molecular flexibility index (Phi) is 4.21. The first-order chi connectivity index (χ1) is 10.6. The Morgan fingerprint density at radius 2 is 2.14 bits per heavy atom. The molecule has 4 nitrogen and oxygen atoms in total. The zero-order valence-electron chi connectivity index (χ0n) is 13.6. The first-order valence-electron chi connectivity index (χ1n) is 8.12. The van der Waals surface area contributed by atoms with Gasteiger partial charge in [0, 0.05) is 42.7 Å².